The van der Waals surface area contributed by atoms with Crippen LogP contribution in [-0.4, -0.2) is 26.6 Å². The number of carbonyl (C=O) groups is 1. The average Bonchev–Trinajstić information content (AvgIpc) is 2.56. The summed E-state index contributed by atoms with van der Waals surface area (Å²) in [6, 6.07) is 14.5. The Morgan fingerprint density at radius 3 is 2.33 bits per heavy atom. The van der Waals surface area contributed by atoms with Crippen LogP contribution < -0.4 is 5.32 Å². The van der Waals surface area contributed by atoms with Crippen LogP contribution in [0.2, 0.25) is 0 Å². The van der Waals surface area contributed by atoms with E-state index < -0.39 is 15.7 Å². The second-order valence-electron chi connectivity index (χ2n) is 5.41. The standard InChI is InChI=1S/C18H20FNO3S/c1-2-15(14-8-4-3-5-9-14)18(21)20-12-13-24(22,23)17-11-7-6-10-16(17)19/h3-11,15H,2,12-13H2,1H3,(H,20,21)/t15-/m0/s1. The van der Waals surface area contributed by atoms with Crippen molar-refractivity contribution in [1.82, 2.24) is 5.32 Å². The van der Waals surface area contributed by atoms with Crippen LogP contribution >= 0.6 is 0 Å². The second kappa shape index (κ2) is 8.06. The van der Waals surface area contributed by atoms with Gasteiger partial charge in [-0.3, -0.25) is 4.79 Å². The lowest BCUT2D eigenvalue weighted by atomic mass is 9.96. The molecule has 1 amide bonds. The van der Waals surface area contributed by atoms with Crippen LogP contribution in [-0.2, 0) is 14.6 Å². The second-order valence-corrected chi connectivity index (χ2v) is 7.49. The van der Waals surface area contributed by atoms with Gasteiger partial charge in [0.2, 0.25) is 5.91 Å². The molecular weight excluding hydrogens is 329 g/mol. The Kier molecular flexibility index (Phi) is 6.09. The summed E-state index contributed by atoms with van der Waals surface area (Å²) in [5, 5.41) is 2.64. The fourth-order valence-corrected chi connectivity index (χ4v) is 3.74. The number of carbonyl (C=O) groups excluding carboxylic acids is 1. The number of amides is 1. The van der Waals surface area contributed by atoms with Crippen molar-refractivity contribution in [3.63, 3.8) is 0 Å². The third-order valence-electron chi connectivity index (χ3n) is 3.77. The van der Waals surface area contributed by atoms with Crippen molar-refractivity contribution >= 4 is 15.7 Å². The largest absolute Gasteiger partial charge is 0.355 e. The molecule has 0 saturated heterocycles. The summed E-state index contributed by atoms with van der Waals surface area (Å²) >= 11 is 0. The summed E-state index contributed by atoms with van der Waals surface area (Å²) in [6.45, 7) is 1.84. The fraction of sp³-hybridized carbons (Fsp3) is 0.278. The van der Waals surface area contributed by atoms with Crippen molar-refractivity contribution in [3.05, 3.63) is 66.0 Å². The lowest BCUT2D eigenvalue weighted by molar-refractivity contribution is -0.122. The summed E-state index contributed by atoms with van der Waals surface area (Å²) in [5.41, 5.74) is 0.884. The average molecular weight is 349 g/mol. The molecule has 0 bridgehead atoms. The molecule has 0 unspecified atom stereocenters. The van der Waals surface area contributed by atoms with E-state index >= 15 is 0 Å². The normalized spacial score (nSPS) is 12.6. The first-order valence-electron chi connectivity index (χ1n) is 7.75. The van der Waals surface area contributed by atoms with Crippen LogP contribution in [0.25, 0.3) is 0 Å². The minimum atomic E-state index is -3.77. The lowest BCUT2D eigenvalue weighted by Crippen LogP contribution is -2.33. The van der Waals surface area contributed by atoms with Gasteiger partial charge in [-0.1, -0.05) is 49.4 Å². The summed E-state index contributed by atoms with van der Waals surface area (Å²) in [7, 11) is -3.77. The van der Waals surface area contributed by atoms with Gasteiger partial charge in [0.25, 0.3) is 0 Å². The van der Waals surface area contributed by atoms with E-state index in [1.165, 1.54) is 18.2 Å². The highest BCUT2D eigenvalue weighted by Crippen LogP contribution is 2.19. The third-order valence-corrected chi connectivity index (χ3v) is 5.51. The molecule has 1 atom stereocenters. The van der Waals surface area contributed by atoms with Gasteiger partial charge in [-0.25, -0.2) is 12.8 Å². The van der Waals surface area contributed by atoms with Crippen molar-refractivity contribution in [2.45, 2.75) is 24.2 Å². The molecular formula is C18H20FNO3S. The summed E-state index contributed by atoms with van der Waals surface area (Å²) in [4.78, 5) is 11.9. The van der Waals surface area contributed by atoms with Crippen molar-refractivity contribution < 1.29 is 17.6 Å². The van der Waals surface area contributed by atoms with E-state index in [2.05, 4.69) is 5.32 Å². The van der Waals surface area contributed by atoms with Gasteiger partial charge in [0.15, 0.2) is 9.84 Å². The molecule has 0 aliphatic carbocycles. The minimum Gasteiger partial charge on any atom is -0.355 e. The number of halogens is 1. The number of nitrogens with one attached hydrogen (secondary N) is 1. The van der Waals surface area contributed by atoms with Crippen LogP contribution in [0.5, 0.6) is 0 Å². The van der Waals surface area contributed by atoms with E-state index in [9.17, 15) is 17.6 Å². The Labute approximate surface area is 141 Å². The first kappa shape index (κ1) is 18.1. The highest BCUT2D eigenvalue weighted by molar-refractivity contribution is 7.91. The molecule has 4 nitrogen and oxygen atoms in total. The number of hydrogen-bond donors (Lipinski definition) is 1. The molecule has 6 heteroatoms. The highest BCUT2D eigenvalue weighted by atomic mass is 32.2. The summed E-state index contributed by atoms with van der Waals surface area (Å²) in [6.07, 6.45) is 0.607. The van der Waals surface area contributed by atoms with Gasteiger partial charge < -0.3 is 5.32 Å². The smallest absolute Gasteiger partial charge is 0.227 e. The molecule has 0 aromatic heterocycles. The van der Waals surface area contributed by atoms with Crippen LogP contribution in [0.3, 0.4) is 0 Å². The number of rotatable bonds is 7. The number of benzene rings is 2. The first-order chi connectivity index (χ1) is 11.5. The molecule has 0 saturated carbocycles. The molecule has 0 radical (unpaired) electrons. The predicted molar refractivity (Wildman–Crippen MR) is 90.9 cm³/mol. The monoisotopic (exact) mass is 349 g/mol. The fourth-order valence-electron chi connectivity index (χ4n) is 2.50. The van der Waals surface area contributed by atoms with Crippen molar-refractivity contribution in [2.24, 2.45) is 0 Å². The maximum Gasteiger partial charge on any atom is 0.227 e. The zero-order chi connectivity index (χ0) is 17.6. The third kappa shape index (κ3) is 4.41. The molecule has 2 rings (SSSR count). The quantitative estimate of drug-likeness (QED) is 0.836. The predicted octanol–water partition coefficient (Wildman–Crippen LogP) is 2.91. The Morgan fingerprint density at radius 2 is 1.71 bits per heavy atom. The van der Waals surface area contributed by atoms with E-state index in [0.29, 0.717) is 6.42 Å². The molecule has 0 fully saturated rings. The molecule has 0 spiro atoms. The van der Waals surface area contributed by atoms with Gasteiger partial charge in [-0.15, -0.1) is 0 Å². The van der Waals surface area contributed by atoms with Crippen molar-refractivity contribution in [2.75, 3.05) is 12.3 Å². The molecule has 0 heterocycles. The Morgan fingerprint density at radius 1 is 1.08 bits per heavy atom. The summed E-state index contributed by atoms with van der Waals surface area (Å²) < 4.78 is 37.9. The van der Waals surface area contributed by atoms with Crippen LogP contribution in [0.1, 0.15) is 24.8 Å². The van der Waals surface area contributed by atoms with Crippen LogP contribution in [0, 0.1) is 5.82 Å². The Bertz CT molecular complexity index is 791. The van der Waals surface area contributed by atoms with Gasteiger partial charge in [0, 0.05) is 6.54 Å². The molecule has 0 aliphatic rings. The van der Waals surface area contributed by atoms with E-state index in [-0.39, 0.29) is 29.0 Å². The van der Waals surface area contributed by atoms with E-state index in [1.54, 1.807) is 0 Å². The zero-order valence-electron chi connectivity index (χ0n) is 13.4. The van der Waals surface area contributed by atoms with Gasteiger partial charge in [0.1, 0.15) is 10.7 Å². The molecule has 2 aromatic carbocycles. The van der Waals surface area contributed by atoms with Crippen molar-refractivity contribution in [3.8, 4) is 0 Å². The molecule has 128 valence electrons. The molecule has 2 aromatic rings. The maximum atomic E-state index is 13.6. The highest BCUT2D eigenvalue weighted by Gasteiger charge is 2.21. The Hall–Kier alpha value is -2.21. The van der Waals surface area contributed by atoms with Gasteiger partial charge in [0.05, 0.1) is 11.7 Å². The SMILES string of the molecule is CC[C@H](C(=O)NCCS(=O)(=O)c1ccccc1F)c1ccccc1. The molecule has 1 N–H and O–H groups in total. The van der Waals surface area contributed by atoms with Crippen molar-refractivity contribution in [1.29, 1.82) is 0 Å². The molecule has 0 aliphatic heterocycles. The maximum absolute atomic E-state index is 13.6. The molecule has 24 heavy (non-hydrogen) atoms. The van der Waals surface area contributed by atoms with Crippen LogP contribution in [0.4, 0.5) is 4.39 Å². The number of hydrogen-bond acceptors (Lipinski definition) is 3. The van der Waals surface area contributed by atoms with Crippen LogP contribution in [0.15, 0.2) is 59.5 Å². The zero-order valence-corrected chi connectivity index (χ0v) is 14.2. The Balaban J connectivity index is 1.98. The van der Waals surface area contributed by atoms with Gasteiger partial charge in [-0.2, -0.15) is 0 Å². The number of sulfone groups is 1. The minimum absolute atomic E-state index is 0.0567. The van der Waals surface area contributed by atoms with E-state index in [0.717, 1.165) is 11.6 Å². The summed E-state index contributed by atoms with van der Waals surface area (Å²) in [5.74, 6) is -1.68. The topological polar surface area (TPSA) is 63.2 Å². The van der Waals surface area contributed by atoms with E-state index in [1.807, 2.05) is 37.3 Å². The first-order valence-corrected chi connectivity index (χ1v) is 9.41. The van der Waals surface area contributed by atoms with E-state index in [4.69, 9.17) is 0 Å². The van der Waals surface area contributed by atoms with Gasteiger partial charge >= 0.3 is 0 Å². The lowest BCUT2D eigenvalue weighted by Gasteiger charge is -2.15. The van der Waals surface area contributed by atoms with Gasteiger partial charge in [-0.05, 0) is 24.1 Å².